The van der Waals surface area contributed by atoms with Crippen molar-refractivity contribution in [3.05, 3.63) is 53.8 Å². The number of aromatic amines is 2. The van der Waals surface area contributed by atoms with Gasteiger partial charge in [-0.3, -0.25) is 28.7 Å². The third-order valence-corrected chi connectivity index (χ3v) is 7.05. The zero-order chi connectivity index (χ0) is 28.0. The second-order valence-corrected chi connectivity index (χ2v) is 9.93. The van der Waals surface area contributed by atoms with Crippen LogP contribution < -0.4 is 22.0 Å². The maximum absolute atomic E-state index is 12.5. The van der Waals surface area contributed by atoms with E-state index in [-0.39, 0.29) is 61.5 Å². The fourth-order valence-corrected chi connectivity index (χ4v) is 4.39. The monoisotopic (exact) mass is 568 g/mol. The zero-order valence-electron chi connectivity index (χ0n) is 21.1. The molecule has 1 fully saturated rings. The van der Waals surface area contributed by atoms with Crippen molar-refractivity contribution in [2.24, 2.45) is 0 Å². The minimum Gasteiger partial charge on any atom is -0.394 e. The fraction of sp³-hybridized carbons (Fsp3) is 0.565. The fourth-order valence-electron chi connectivity index (χ4n) is 4.00. The second kappa shape index (κ2) is 13.2. The smallest absolute Gasteiger partial charge is 0.328 e. The molecule has 2 aromatic rings. The summed E-state index contributed by atoms with van der Waals surface area (Å²) in [6.45, 7) is 3.22. The van der Waals surface area contributed by atoms with Gasteiger partial charge in [0, 0.05) is 48.9 Å². The highest BCUT2D eigenvalue weighted by molar-refractivity contribution is 7.71. The van der Waals surface area contributed by atoms with E-state index in [4.69, 9.17) is 29.2 Å². The predicted octanol–water partition coefficient (Wildman–Crippen LogP) is -0.282. The van der Waals surface area contributed by atoms with Crippen LogP contribution in [-0.4, -0.2) is 72.5 Å². The maximum atomic E-state index is 12.5. The SMILES string of the molecule is CCC(CNC(=O)CCc1cn([C@H]2C[C@H](O)[C@@H](CO)O2)c(=O)[nH]c1=S)NC(=O)Cn1cc(C)c(=S)[nH]c1=O. The van der Waals surface area contributed by atoms with Crippen LogP contribution in [0.3, 0.4) is 0 Å². The first-order chi connectivity index (χ1) is 18.0. The number of carbonyl (C=O) groups is 2. The van der Waals surface area contributed by atoms with Gasteiger partial charge in [-0.15, -0.1) is 0 Å². The molecular formula is C23H32N6O7S2. The average molecular weight is 569 g/mol. The van der Waals surface area contributed by atoms with E-state index in [1.165, 1.54) is 21.5 Å². The summed E-state index contributed by atoms with van der Waals surface area (Å²) >= 11 is 10.3. The van der Waals surface area contributed by atoms with Crippen LogP contribution in [0, 0.1) is 16.2 Å². The number of aliphatic hydroxyl groups is 2. The van der Waals surface area contributed by atoms with Crippen molar-refractivity contribution in [2.45, 2.75) is 70.6 Å². The molecule has 0 aliphatic carbocycles. The Morgan fingerprint density at radius 3 is 2.55 bits per heavy atom. The predicted molar refractivity (Wildman–Crippen MR) is 142 cm³/mol. The van der Waals surface area contributed by atoms with Gasteiger partial charge in [0.05, 0.1) is 12.7 Å². The lowest BCUT2D eigenvalue weighted by Crippen LogP contribution is -2.45. The van der Waals surface area contributed by atoms with Crippen LogP contribution in [0.25, 0.3) is 0 Å². The van der Waals surface area contributed by atoms with Crippen LogP contribution in [0.4, 0.5) is 0 Å². The number of H-pyrrole nitrogens is 2. The summed E-state index contributed by atoms with van der Waals surface area (Å²) in [7, 11) is 0. The molecule has 0 spiro atoms. The molecule has 0 radical (unpaired) electrons. The number of hydrogen-bond acceptors (Lipinski definition) is 9. The minimum absolute atomic E-state index is 0.0748. The van der Waals surface area contributed by atoms with Gasteiger partial charge in [0.25, 0.3) is 0 Å². The Morgan fingerprint density at radius 2 is 1.89 bits per heavy atom. The lowest BCUT2D eigenvalue weighted by atomic mass is 10.1. The number of nitrogens with zero attached hydrogens (tertiary/aromatic N) is 2. The number of nitrogens with one attached hydrogen (secondary N) is 4. The summed E-state index contributed by atoms with van der Waals surface area (Å²) in [5.41, 5.74) is 0.217. The molecule has 6 N–H and O–H groups in total. The first-order valence-electron chi connectivity index (χ1n) is 12.2. The molecule has 4 atom stereocenters. The molecule has 38 heavy (non-hydrogen) atoms. The molecule has 1 unspecified atom stereocenters. The van der Waals surface area contributed by atoms with Gasteiger partial charge in [-0.05, 0) is 19.8 Å². The van der Waals surface area contributed by atoms with Gasteiger partial charge in [0.1, 0.15) is 28.2 Å². The van der Waals surface area contributed by atoms with Crippen LogP contribution in [0.2, 0.25) is 0 Å². The molecule has 1 aliphatic heterocycles. The molecule has 1 saturated heterocycles. The highest BCUT2D eigenvalue weighted by atomic mass is 32.1. The molecule has 13 nitrogen and oxygen atoms in total. The number of aliphatic hydroxyl groups excluding tert-OH is 2. The molecule has 208 valence electrons. The van der Waals surface area contributed by atoms with Gasteiger partial charge >= 0.3 is 11.4 Å². The van der Waals surface area contributed by atoms with E-state index >= 15 is 0 Å². The van der Waals surface area contributed by atoms with Crippen LogP contribution >= 0.6 is 24.4 Å². The number of aromatic nitrogens is 4. The summed E-state index contributed by atoms with van der Waals surface area (Å²) < 4.78 is 8.55. The summed E-state index contributed by atoms with van der Waals surface area (Å²) in [5, 5.41) is 24.8. The number of carbonyl (C=O) groups excluding carboxylic acids is 2. The van der Waals surface area contributed by atoms with Crippen molar-refractivity contribution < 1.29 is 24.5 Å². The molecule has 2 amide bonds. The van der Waals surface area contributed by atoms with E-state index in [1.54, 1.807) is 6.92 Å². The molecule has 15 heteroatoms. The van der Waals surface area contributed by atoms with Crippen LogP contribution in [0.1, 0.15) is 43.5 Å². The topological polar surface area (TPSA) is 183 Å². The summed E-state index contributed by atoms with van der Waals surface area (Å²) in [6, 6.07) is -0.347. The Balaban J connectivity index is 1.53. The number of rotatable bonds is 11. The second-order valence-electron chi connectivity index (χ2n) is 9.11. The van der Waals surface area contributed by atoms with Gasteiger partial charge in [-0.1, -0.05) is 31.4 Å². The largest absolute Gasteiger partial charge is 0.394 e. The van der Waals surface area contributed by atoms with Crippen molar-refractivity contribution in [1.29, 1.82) is 0 Å². The Bertz CT molecular complexity index is 1400. The Morgan fingerprint density at radius 1 is 1.18 bits per heavy atom. The van der Waals surface area contributed by atoms with Gasteiger partial charge in [-0.2, -0.15) is 0 Å². The van der Waals surface area contributed by atoms with Gasteiger partial charge in [0.15, 0.2) is 0 Å². The number of ether oxygens (including phenoxy) is 1. The van der Waals surface area contributed by atoms with Gasteiger partial charge in [0.2, 0.25) is 11.8 Å². The van der Waals surface area contributed by atoms with E-state index in [9.17, 15) is 29.4 Å². The van der Waals surface area contributed by atoms with E-state index in [2.05, 4.69) is 20.6 Å². The molecule has 0 aromatic carbocycles. The highest BCUT2D eigenvalue weighted by Crippen LogP contribution is 2.27. The van der Waals surface area contributed by atoms with Crippen LogP contribution in [0.5, 0.6) is 0 Å². The van der Waals surface area contributed by atoms with E-state index in [0.29, 0.717) is 22.2 Å². The first-order valence-corrected chi connectivity index (χ1v) is 13.0. The van der Waals surface area contributed by atoms with Crippen LogP contribution in [0.15, 0.2) is 22.0 Å². The zero-order valence-corrected chi connectivity index (χ0v) is 22.7. The molecule has 0 saturated carbocycles. The molecule has 1 aliphatic rings. The van der Waals surface area contributed by atoms with E-state index < -0.39 is 29.8 Å². The van der Waals surface area contributed by atoms with Crippen molar-refractivity contribution >= 4 is 36.3 Å². The standard InChI is InChI=1S/C23H32N6O7S2/c1-3-14(25-18(33)10-28-8-12(2)20(37)26-22(28)34)7-24-17(32)5-4-13-9-29(23(35)27-21(13)38)19-6-15(31)16(11-30)36-19/h8-9,14-16,19,30-31H,3-7,10-11H2,1-2H3,(H,24,32)(H,25,33)(H,26,34,37)(H,27,35,38)/t14?,15-,16+,19+/m0/s1. The normalized spacial score (nSPS) is 19.7. The third-order valence-electron chi connectivity index (χ3n) is 6.26. The summed E-state index contributed by atoms with van der Waals surface area (Å²) in [6.07, 6.45) is 1.55. The highest BCUT2D eigenvalue weighted by Gasteiger charge is 2.35. The number of aryl methyl sites for hydroxylation is 2. The van der Waals surface area contributed by atoms with E-state index in [0.717, 1.165) is 0 Å². The maximum Gasteiger partial charge on any atom is 0.328 e. The summed E-state index contributed by atoms with van der Waals surface area (Å²) in [4.78, 5) is 54.4. The molecule has 3 heterocycles. The minimum atomic E-state index is -0.905. The number of hydrogen-bond donors (Lipinski definition) is 6. The van der Waals surface area contributed by atoms with Gasteiger partial charge < -0.3 is 25.6 Å². The molecular weight excluding hydrogens is 536 g/mol. The molecule has 3 rings (SSSR count). The van der Waals surface area contributed by atoms with E-state index in [1.807, 2.05) is 6.92 Å². The van der Waals surface area contributed by atoms with Crippen molar-refractivity contribution in [1.82, 2.24) is 29.7 Å². The lowest BCUT2D eigenvalue weighted by Gasteiger charge is -2.18. The Labute approximate surface area is 227 Å². The van der Waals surface area contributed by atoms with Crippen LogP contribution in [-0.2, 0) is 27.3 Å². The van der Waals surface area contributed by atoms with Gasteiger partial charge in [-0.25, -0.2) is 9.59 Å². The molecule has 2 aromatic heterocycles. The summed E-state index contributed by atoms with van der Waals surface area (Å²) in [5.74, 6) is -0.658. The van der Waals surface area contributed by atoms with Crippen molar-refractivity contribution in [3.8, 4) is 0 Å². The number of amides is 2. The third kappa shape index (κ3) is 7.54. The Kier molecular flexibility index (Phi) is 10.3. The average Bonchev–Trinajstić information content (AvgIpc) is 3.24. The van der Waals surface area contributed by atoms with Crippen molar-refractivity contribution in [2.75, 3.05) is 13.2 Å². The molecule has 0 bridgehead atoms. The lowest BCUT2D eigenvalue weighted by molar-refractivity contribution is -0.124. The Hall–Kier alpha value is -2.98. The first kappa shape index (κ1) is 29.6. The quantitative estimate of drug-likeness (QED) is 0.199. The van der Waals surface area contributed by atoms with Crippen molar-refractivity contribution in [3.63, 3.8) is 0 Å².